The molecule has 1 heterocycles. The Labute approximate surface area is 225 Å². The van der Waals surface area contributed by atoms with Crippen LogP contribution in [0.1, 0.15) is 53.4 Å². The fourth-order valence-corrected chi connectivity index (χ4v) is 3.39. The van der Waals surface area contributed by atoms with Gasteiger partial charge in [-0.3, -0.25) is 19.2 Å². The summed E-state index contributed by atoms with van der Waals surface area (Å²) >= 11 is 0. The van der Waals surface area contributed by atoms with E-state index in [2.05, 4.69) is 0 Å². The molecule has 0 aliphatic carbocycles. The largest absolute Gasteiger partial charge is 0.463 e. The Hall–Kier alpha value is -2.40. The fourth-order valence-electron chi connectivity index (χ4n) is 3.39. The topological polar surface area (TPSA) is 225 Å². The lowest BCUT2D eigenvalue weighted by molar-refractivity contribution is -0.313. The van der Waals surface area contributed by atoms with Crippen LogP contribution in [0.15, 0.2) is 0 Å². The first kappa shape index (κ1) is 34.6. The Bertz CT molecular complexity index is 789. The Kier molecular flexibility index (Phi) is 15.4. The average Bonchev–Trinajstić information content (AvgIpc) is 2.94. The van der Waals surface area contributed by atoms with Crippen molar-refractivity contribution in [1.82, 2.24) is 0 Å². The number of esters is 4. The summed E-state index contributed by atoms with van der Waals surface area (Å²) < 4.78 is 32.8. The molecule has 1 saturated heterocycles. The van der Waals surface area contributed by atoms with Gasteiger partial charge < -0.3 is 54.0 Å². The zero-order valence-corrected chi connectivity index (χ0v) is 22.5. The van der Waals surface area contributed by atoms with Gasteiger partial charge in [-0.05, 0) is 0 Å². The van der Waals surface area contributed by atoms with Crippen LogP contribution in [0.3, 0.4) is 0 Å². The molecule has 0 aromatic heterocycles. The summed E-state index contributed by atoms with van der Waals surface area (Å²) in [6.07, 6.45) is -15.1. The predicted octanol–water partition coefficient (Wildman–Crippen LogP) is -1.92. The van der Waals surface area contributed by atoms with Crippen LogP contribution in [0.25, 0.3) is 0 Å². The van der Waals surface area contributed by atoms with Gasteiger partial charge in [-0.25, -0.2) is 0 Å². The third kappa shape index (κ3) is 10.6. The van der Waals surface area contributed by atoms with Gasteiger partial charge in [-0.2, -0.15) is 0 Å². The van der Waals surface area contributed by atoms with Crippen LogP contribution in [-0.4, -0.2) is 124 Å². The van der Waals surface area contributed by atoms with E-state index in [1.807, 2.05) is 0 Å². The van der Waals surface area contributed by atoms with Gasteiger partial charge in [0.05, 0.1) is 13.2 Å². The third-order valence-electron chi connectivity index (χ3n) is 5.71. The molecular weight excluding hydrogens is 528 g/mol. The van der Waals surface area contributed by atoms with Gasteiger partial charge in [0, 0.05) is 25.7 Å². The monoisotopic (exact) mass is 568 g/mol. The van der Waals surface area contributed by atoms with E-state index in [4.69, 9.17) is 33.5 Å². The molecule has 0 bridgehead atoms. The van der Waals surface area contributed by atoms with E-state index in [0.29, 0.717) is 0 Å². The number of carbonyl (C=O) groups is 4. The van der Waals surface area contributed by atoms with Gasteiger partial charge in [-0.1, -0.05) is 27.7 Å². The van der Waals surface area contributed by atoms with Crippen molar-refractivity contribution in [2.24, 2.45) is 0 Å². The van der Waals surface area contributed by atoms with E-state index in [9.17, 15) is 39.6 Å². The molecule has 0 amide bonds. The molecule has 1 rings (SSSR count). The van der Waals surface area contributed by atoms with Crippen LogP contribution in [-0.2, 0) is 47.6 Å². The first-order chi connectivity index (χ1) is 18.4. The summed E-state index contributed by atoms with van der Waals surface area (Å²) in [5.74, 6) is -2.86. The summed E-state index contributed by atoms with van der Waals surface area (Å²) in [6.45, 7) is 3.91. The smallest absolute Gasteiger partial charge is 0.306 e. The van der Waals surface area contributed by atoms with Crippen molar-refractivity contribution < 1.29 is 73.1 Å². The van der Waals surface area contributed by atoms with Gasteiger partial charge in [0.25, 0.3) is 0 Å². The van der Waals surface area contributed by atoms with E-state index >= 15 is 0 Å². The quantitative estimate of drug-likeness (QED) is 0.101. The summed E-state index contributed by atoms with van der Waals surface area (Å²) in [5.41, 5.74) is 0. The molecule has 0 unspecified atom stereocenters. The number of aliphatic hydroxyl groups is 5. The average molecular weight is 569 g/mol. The normalized spacial score (nSPS) is 26.0. The molecule has 9 atom stereocenters. The standard InChI is InChI=1S/C24H40O15/c1-5-15(28)34-11-14-21(37-16(29)6-2)22(38-17(30)7-3)23(39-18(31)8-4)24(36-14)35-10-13(27)20(33)19(32)12(26)9-25/h12-14,19-27,32-33H,5-11H2,1-4H3/t12-,13-,14-,19-,20-,21-,22+,23+,24-/m1/s1. The highest BCUT2D eigenvalue weighted by atomic mass is 16.7. The number of carbonyl (C=O) groups excluding carboxylic acids is 4. The molecule has 1 fully saturated rings. The molecule has 15 heteroatoms. The molecule has 15 nitrogen and oxygen atoms in total. The zero-order chi connectivity index (χ0) is 29.7. The number of hydrogen-bond acceptors (Lipinski definition) is 15. The summed E-state index contributed by atoms with van der Waals surface area (Å²) in [5, 5.41) is 48.7. The summed E-state index contributed by atoms with van der Waals surface area (Å²) in [4.78, 5) is 48.6. The second-order valence-corrected chi connectivity index (χ2v) is 8.64. The van der Waals surface area contributed by atoms with Gasteiger partial charge in [0.15, 0.2) is 24.6 Å². The van der Waals surface area contributed by atoms with Crippen molar-refractivity contribution in [3.8, 4) is 0 Å². The Morgan fingerprint density at radius 2 is 1.15 bits per heavy atom. The van der Waals surface area contributed by atoms with Crippen molar-refractivity contribution in [1.29, 1.82) is 0 Å². The number of hydrogen-bond donors (Lipinski definition) is 5. The molecule has 0 aromatic rings. The second-order valence-electron chi connectivity index (χ2n) is 8.64. The van der Waals surface area contributed by atoms with Crippen molar-refractivity contribution in [2.45, 2.75) is 108 Å². The molecule has 0 spiro atoms. The summed E-state index contributed by atoms with van der Waals surface area (Å²) in [7, 11) is 0. The van der Waals surface area contributed by atoms with Crippen LogP contribution in [0.4, 0.5) is 0 Å². The SMILES string of the molecule is CCC(=O)OC[C@H]1O[C@@H](OC[C@@H](O)[C@@H](O)[C@H](O)[C@H](O)CO)[C@@H](OC(=O)CC)[C@@H](OC(=O)CC)[C@@H]1OC(=O)CC. The minimum Gasteiger partial charge on any atom is -0.463 e. The van der Waals surface area contributed by atoms with Crippen LogP contribution < -0.4 is 0 Å². The third-order valence-corrected chi connectivity index (χ3v) is 5.71. The number of aliphatic hydroxyl groups excluding tert-OH is 5. The molecule has 226 valence electrons. The minimum absolute atomic E-state index is 0.0170. The van der Waals surface area contributed by atoms with E-state index < -0.39 is 98.8 Å². The van der Waals surface area contributed by atoms with E-state index in [-0.39, 0.29) is 25.7 Å². The molecular formula is C24H40O15. The maximum atomic E-state index is 12.3. The van der Waals surface area contributed by atoms with Gasteiger partial charge in [0.1, 0.15) is 37.1 Å². The highest BCUT2D eigenvalue weighted by molar-refractivity contribution is 5.71. The molecule has 0 aromatic carbocycles. The number of ether oxygens (including phenoxy) is 6. The lowest BCUT2D eigenvalue weighted by Gasteiger charge is -2.44. The van der Waals surface area contributed by atoms with Crippen molar-refractivity contribution in [3.05, 3.63) is 0 Å². The second kappa shape index (κ2) is 17.3. The van der Waals surface area contributed by atoms with E-state index in [1.54, 1.807) is 6.92 Å². The fraction of sp³-hybridized carbons (Fsp3) is 0.833. The van der Waals surface area contributed by atoms with Crippen molar-refractivity contribution >= 4 is 23.9 Å². The zero-order valence-electron chi connectivity index (χ0n) is 22.5. The Morgan fingerprint density at radius 1 is 0.692 bits per heavy atom. The number of rotatable bonds is 16. The van der Waals surface area contributed by atoms with Gasteiger partial charge in [-0.15, -0.1) is 0 Å². The molecule has 0 radical (unpaired) electrons. The van der Waals surface area contributed by atoms with Crippen LogP contribution in [0.5, 0.6) is 0 Å². The van der Waals surface area contributed by atoms with E-state index in [0.717, 1.165) is 0 Å². The first-order valence-electron chi connectivity index (χ1n) is 12.8. The Balaban J connectivity index is 3.37. The highest BCUT2D eigenvalue weighted by Crippen LogP contribution is 2.31. The maximum Gasteiger partial charge on any atom is 0.306 e. The van der Waals surface area contributed by atoms with Gasteiger partial charge in [0.2, 0.25) is 0 Å². The lowest BCUT2D eigenvalue weighted by atomic mass is 9.97. The highest BCUT2D eigenvalue weighted by Gasteiger charge is 2.53. The molecule has 1 aliphatic heterocycles. The Morgan fingerprint density at radius 3 is 1.64 bits per heavy atom. The summed E-state index contributed by atoms with van der Waals surface area (Å²) in [6, 6.07) is 0. The maximum absolute atomic E-state index is 12.3. The van der Waals surface area contributed by atoms with Crippen molar-refractivity contribution in [3.63, 3.8) is 0 Å². The van der Waals surface area contributed by atoms with Crippen LogP contribution in [0.2, 0.25) is 0 Å². The predicted molar refractivity (Wildman–Crippen MR) is 127 cm³/mol. The molecule has 5 N–H and O–H groups in total. The van der Waals surface area contributed by atoms with Gasteiger partial charge >= 0.3 is 23.9 Å². The molecule has 1 aliphatic rings. The molecule has 0 saturated carbocycles. The molecule has 39 heavy (non-hydrogen) atoms. The van der Waals surface area contributed by atoms with Crippen LogP contribution >= 0.6 is 0 Å². The van der Waals surface area contributed by atoms with Crippen molar-refractivity contribution in [2.75, 3.05) is 19.8 Å². The van der Waals surface area contributed by atoms with Crippen LogP contribution in [0, 0.1) is 0 Å². The minimum atomic E-state index is -1.97. The lowest BCUT2D eigenvalue weighted by Crippen LogP contribution is -2.63. The van der Waals surface area contributed by atoms with E-state index in [1.165, 1.54) is 20.8 Å². The first-order valence-corrected chi connectivity index (χ1v) is 12.8.